The van der Waals surface area contributed by atoms with Crippen LogP contribution >= 0.6 is 11.3 Å². The summed E-state index contributed by atoms with van der Waals surface area (Å²) in [7, 11) is 0. The Balaban J connectivity index is 2.44. The molecule has 0 aromatic carbocycles. The molecule has 0 radical (unpaired) electrons. The van der Waals surface area contributed by atoms with Gasteiger partial charge < -0.3 is 0 Å². The third kappa shape index (κ3) is 2.66. The van der Waals surface area contributed by atoms with E-state index in [-0.39, 0.29) is 0 Å². The van der Waals surface area contributed by atoms with Gasteiger partial charge >= 0.3 is 0 Å². The second-order valence-electron chi connectivity index (χ2n) is 3.43. The molecule has 1 aromatic rings. The van der Waals surface area contributed by atoms with Crippen LogP contribution in [0.2, 0.25) is 0 Å². The molecule has 0 N–H and O–H groups in total. The molecule has 0 aliphatic heterocycles. The summed E-state index contributed by atoms with van der Waals surface area (Å²) >= 11 is 1.86. The van der Waals surface area contributed by atoms with Crippen LogP contribution < -0.4 is 0 Å². The molecule has 0 aliphatic rings. The smallest absolute Gasteiger partial charge is 0.00461 e. The average molecular weight is 168 g/mol. The minimum Gasteiger partial charge on any atom is -0.149 e. The minimum absolute atomic E-state index is 0.828. The Morgan fingerprint density at radius 3 is 2.64 bits per heavy atom. The fourth-order valence-corrected chi connectivity index (χ4v) is 1.87. The van der Waals surface area contributed by atoms with E-state index in [1.165, 1.54) is 17.7 Å². The topological polar surface area (TPSA) is 0 Å². The SMILES string of the molecule is Cc1sccc1CCC(C)C. The normalized spacial score (nSPS) is 10.9. The predicted molar refractivity (Wildman–Crippen MR) is 52.2 cm³/mol. The van der Waals surface area contributed by atoms with E-state index in [9.17, 15) is 0 Å². The highest BCUT2D eigenvalue weighted by atomic mass is 32.1. The van der Waals surface area contributed by atoms with Crippen molar-refractivity contribution in [1.82, 2.24) is 0 Å². The highest BCUT2D eigenvalue weighted by Gasteiger charge is 2.00. The Labute approximate surface area is 73.3 Å². The summed E-state index contributed by atoms with van der Waals surface area (Å²) in [6.45, 7) is 6.77. The van der Waals surface area contributed by atoms with Crippen molar-refractivity contribution in [3.05, 3.63) is 21.9 Å². The zero-order chi connectivity index (χ0) is 8.27. The summed E-state index contributed by atoms with van der Waals surface area (Å²) in [6.07, 6.45) is 2.57. The number of rotatable bonds is 3. The maximum Gasteiger partial charge on any atom is 0.00461 e. The molecule has 11 heavy (non-hydrogen) atoms. The van der Waals surface area contributed by atoms with Crippen LogP contribution in [0.5, 0.6) is 0 Å². The van der Waals surface area contributed by atoms with Crippen molar-refractivity contribution in [2.24, 2.45) is 5.92 Å². The van der Waals surface area contributed by atoms with Crippen molar-refractivity contribution in [2.45, 2.75) is 33.6 Å². The van der Waals surface area contributed by atoms with Crippen LogP contribution in [0.15, 0.2) is 11.4 Å². The molecule has 0 aliphatic carbocycles. The van der Waals surface area contributed by atoms with Crippen LogP contribution in [0.3, 0.4) is 0 Å². The first-order valence-electron chi connectivity index (χ1n) is 4.23. The van der Waals surface area contributed by atoms with E-state index in [0.29, 0.717) is 0 Å². The van der Waals surface area contributed by atoms with Crippen molar-refractivity contribution in [1.29, 1.82) is 0 Å². The van der Waals surface area contributed by atoms with Gasteiger partial charge in [0.1, 0.15) is 0 Å². The average Bonchev–Trinajstić information content (AvgIpc) is 2.31. The Morgan fingerprint density at radius 1 is 1.45 bits per heavy atom. The summed E-state index contributed by atoms with van der Waals surface area (Å²) in [6, 6.07) is 2.25. The van der Waals surface area contributed by atoms with Crippen molar-refractivity contribution in [2.75, 3.05) is 0 Å². The van der Waals surface area contributed by atoms with Gasteiger partial charge in [0.15, 0.2) is 0 Å². The van der Waals surface area contributed by atoms with Gasteiger partial charge in [-0.05, 0) is 42.7 Å². The number of hydrogen-bond donors (Lipinski definition) is 0. The lowest BCUT2D eigenvalue weighted by atomic mass is 10.0. The van der Waals surface area contributed by atoms with Gasteiger partial charge in [0.05, 0.1) is 0 Å². The van der Waals surface area contributed by atoms with Crippen molar-refractivity contribution in [3.63, 3.8) is 0 Å². The van der Waals surface area contributed by atoms with Crippen molar-refractivity contribution >= 4 is 11.3 Å². The van der Waals surface area contributed by atoms with E-state index < -0.39 is 0 Å². The Morgan fingerprint density at radius 2 is 2.18 bits per heavy atom. The van der Waals surface area contributed by atoms with Crippen LogP contribution in [0.1, 0.15) is 30.7 Å². The van der Waals surface area contributed by atoms with Crippen molar-refractivity contribution in [3.8, 4) is 0 Å². The maximum absolute atomic E-state index is 2.28. The van der Waals surface area contributed by atoms with Gasteiger partial charge in [0.25, 0.3) is 0 Å². The number of hydrogen-bond acceptors (Lipinski definition) is 1. The summed E-state index contributed by atoms with van der Waals surface area (Å²) in [5.74, 6) is 0.828. The molecule has 1 heterocycles. The minimum atomic E-state index is 0.828. The fourth-order valence-electron chi connectivity index (χ4n) is 1.11. The van der Waals surface area contributed by atoms with Gasteiger partial charge in [0.2, 0.25) is 0 Å². The van der Waals surface area contributed by atoms with Crippen LogP contribution in [0, 0.1) is 12.8 Å². The van der Waals surface area contributed by atoms with Gasteiger partial charge in [-0.3, -0.25) is 0 Å². The molecule has 1 heteroatoms. The second kappa shape index (κ2) is 3.91. The molecule has 0 amide bonds. The maximum atomic E-state index is 2.28. The molecule has 1 rings (SSSR count). The molecule has 0 nitrogen and oxygen atoms in total. The molecule has 0 saturated carbocycles. The summed E-state index contributed by atoms with van der Waals surface area (Å²) in [5.41, 5.74) is 1.55. The molecular weight excluding hydrogens is 152 g/mol. The standard InChI is InChI=1S/C10H16S/c1-8(2)4-5-10-6-7-11-9(10)3/h6-8H,4-5H2,1-3H3. The van der Waals surface area contributed by atoms with Gasteiger partial charge in [-0.2, -0.15) is 0 Å². The van der Waals surface area contributed by atoms with E-state index in [2.05, 4.69) is 32.2 Å². The molecule has 0 saturated heterocycles. The van der Waals surface area contributed by atoms with Gasteiger partial charge in [-0.15, -0.1) is 11.3 Å². The van der Waals surface area contributed by atoms with E-state index >= 15 is 0 Å². The molecule has 0 unspecified atom stereocenters. The molecule has 0 atom stereocenters. The summed E-state index contributed by atoms with van der Waals surface area (Å²) in [5, 5.41) is 2.19. The molecule has 0 spiro atoms. The first-order valence-corrected chi connectivity index (χ1v) is 5.11. The van der Waals surface area contributed by atoms with Crippen LogP contribution in [-0.4, -0.2) is 0 Å². The largest absolute Gasteiger partial charge is 0.149 e. The number of aryl methyl sites for hydroxylation is 2. The third-order valence-electron chi connectivity index (χ3n) is 1.96. The lowest BCUT2D eigenvalue weighted by Crippen LogP contribution is -1.91. The lowest BCUT2D eigenvalue weighted by Gasteiger charge is -2.02. The Hall–Kier alpha value is -0.300. The second-order valence-corrected chi connectivity index (χ2v) is 4.55. The fraction of sp³-hybridized carbons (Fsp3) is 0.600. The number of thiophene rings is 1. The van der Waals surface area contributed by atoms with Gasteiger partial charge in [-0.1, -0.05) is 13.8 Å². The van der Waals surface area contributed by atoms with Crippen LogP contribution in [-0.2, 0) is 6.42 Å². The molecule has 0 bridgehead atoms. The third-order valence-corrected chi connectivity index (χ3v) is 2.85. The van der Waals surface area contributed by atoms with E-state index in [4.69, 9.17) is 0 Å². The lowest BCUT2D eigenvalue weighted by molar-refractivity contribution is 0.586. The molecular formula is C10H16S. The zero-order valence-corrected chi connectivity index (χ0v) is 8.37. The Bertz CT molecular complexity index is 210. The molecule has 62 valence electrons. The predicted octanol–water partition coefficient (Wildman–Crippen LogP) is 3.65. The highest BCUT2D eigenvalue weighted by Crippen LogP contribution is 2.18. The highest BCUT2D eigenvalue weighted by molar-refractivity contribution is 7.10. The zero-order valence-electron chi connectivity index (χ0n) is 7.55. The Kier molecular flexibility index (Phi) is 3.13. The summed E-state index contributed by atoms with van der Waals surface area (Å²) < 4.78 is 0. The van der Waals surface area contributed by atoms with E-state index in [1.54, 1.807) is 5.56 Å². The first-order chi connectivity index (χ1) is 5.20. The molecule has 0 fully saturated rings. The summed E-state index contributed by atoms with van der Waals surface area (Å²) in [4.78, 5) is 1.49. The van der Waals surface area contributed by atoms with Gasteiger partial charge in [-0.25, -0.2) is 0 Å². The monoisotopic (exact) mass is 168 g/mol. The first kappa shape index (κ1) is 8.79. The van der Waals surface area contributed by atoms with E-state index in [1.807, 2.05) is 11.3 Å². The quantitative estimate of drug-likeness (QED) is 0.646. The molecule has 1 aromatic heterocycles. The van der Waals surface area contributed by atoms with E-state index in [0.717, 1.165) is 5.92 Å². The van der Waals surface area contributed by atoms with Gasteiger partial charge in [0, 0.05) is 4.88 Å². The van der Waals surface area contributed by atoms with Crippen LogP contribution in [0.4, 0.5) is 0 Å². The van der Waals surface area contributed by atoms with Crippen LogP contribution in [0.25, 0.3) is 0 Å². The van der Waals surface area contributed by atoms with Crippen molar-refractivity contribution < 1.29 is 0 Å².